The highest BCUT2D eigenvalue weighted by molar-refractivity contribution is 7.27. The zero-order valence-electron chi connectivity index (χ0n) is 20.3. The lowest BCUT2D eigenvalue weighted by atomic mass is 9.83. The minimum Gasteiger partial charge on any atom is -0.201 e. The SMILES string of the molecule is Cc1ccc2c(sc3c(-c4ccc(C5CCCCC5)cc4)c(C#N)ccc32)c1-c1cccc[n+]1C. The molecule has 172 valence electrons. The molecule has 0 unspecified atom stereocenters. The summed E-state index contributed by atoms with van der Waals surface area (Å²) < 4.78 is 4.68. The molecule has 1 aliphatic carbocycles. The maximum Gasteiger partial charge on any atom is 0.213 e. The molecule has 2 heterocycles. The lowest BCUT2D eigenvalue weighted by molar-refractivity contribution is -0.660. The van der Waals surface area contributed by atoms with Crippen LogP contribution in [0.1, 0.15) is 54.7 Å². The second-order valence-corrected chi connectivity index (χ2v) is 10.9. The minimum absolute atomic E-state index is 0.686. The Morgan fingerprint density at radius 1 is 0.829 bits per heavy atom. The fourth-order valence-electron chi connectivity index (χ4n) is 5.84. The highest BCUT2D eigenvalue weighted by Crippen LogP contribution is 2.45. The molecule has 0 amide bonds. The van der Waals surface area contributed by atoms with Crippen molar-refractivity contribution in [2.75, 3.05) is 0 Å². The number of fused-ring (bicyclic) bond motifs is 3. The van der Waals surface area contributed by atoms with E-state index in [9.17, 15) is 5.26 Å². The molecule has 6 rings (SSSR count). The number of hydrogen-bond donors (Lipinski definition) is 0. The van der Waals surface area contributed by atoms with Crippen molar-refractivity contribution in [1.29, 1.82) is 5.26 Å². The van der Waals surface area contributed by atoms with Crippen molar-refractivity contribution in [2.45, 2.75) is 44.9 Å². The minimum atomic E-state index is 0.686. The number of benzene rings is 3. The highest BCUT2D eigenvalue weighted by atomic mass is 32.1. The molecule has 3 heteroatoms. The van der Waals surface area contributed by atoms with E-state index in [0.29, 0.717) is 5.92 Å². The van der Waals surface area contributed by atoms with E-state index in [1.807, 2.05) is 17.4 Å². The molecule has 0 spiro atoms. The van der Waals surface area contributed by atoms with Crippen LogP contribution in [-0.4, -0.2) is 0 Å². The number of pyridine rings is 1. The Morgan fingerprint density at radius 2 is 1.54 bits per heavy atom. The average Bonchev–Trinajstić information content (AvgIpc) is 3.28. The maximum atomic E-state index is 10.0. The van der Waals surface area contributed by atoms with Crippen molar-refractivity contribution in [1.82, 2.24) is 0 Å². The molecule has 1 fully saturated rings. The standard InChI is InChI=1S/C32H29N2S/c1-21-11-17-26-27-18-16-25(20-33)30(24-14-12-23(13-15-24)22-8-4-3-5-9-22)32(27)35-31(26)29(21)28-10-6-7-19-34(28)2/h6-7,10-19,22H,3-5,8-9H2,1-2H3/q+1. The molecule has 5 aromatic rings. The molecule has 0 atom stereocenters. The van der Waals surface area contributed by atoms with E-state index in [2.05, 4.69) is 91.5 Å². The third-order valence-corrected chi connectivity index (χ3v) is 8.98. The van der Waals surface area contributed by atoms with Gasteiger partial charge in [0.25, 0.3) is 0 Å². The number of rotatable bonds is 3. The first-order valence-electron chi connectivity index (χ1n) is 12.6. The van der Waals surface area contributed by atoms with Crippen molar-refractivity contribution in [3.8, 4) is 28.5 Å². The van der Waals surface area contributed by atoms with Crippen LogP contribution in [0.4, 0.5) is 0 Å². The fourth-order valence-corrected chi connectivity index (χ4v) is 7.32. The molecule has 35 heavy (non-hydrogen) atoms. The van der Waals surface area contributed by atoms with E-state index >= 15 is 0 Å². The zero-order valence-corrected chi connectivity index (χ0v) is 21.2. The average molecular weight is 474 g/mol. The van der Waals surface area contributed by atoms with Gasteiger partial charge in [-0.15, -0.1) is 11.3 Å². The van der Waals surface area contributed by atoms with Gasteiger partial charge in [-0.2, -0.15) is 5.26 Å². The van der Waals surface area contributed by atoms with Crippen LogP contribution in [0.15, 0.2) is 72.9 Å². The molecule has 1 saturated carbocycles. The first-order valence-corrected chi connectivity index (χ1v) is 13.4. The van der Waals surface area contributed by atoms with Gasteiger partial charge in [0.15, 0.2) is 6.20 Å². The second kappa shape index (κ2) is 8.95. The molecule has 0 bridgehead atoms. The summed E-state index contributed by atoms with van der Waals surface area (Å²) in [5.41, 5.74) is 8.17. The quantitative estimate of drug-likeness (QED) is 0.242. The predicted molar refractivity (Wildman–Crippen MR) is 147 cm³/mol. The molecule has 0 aliphatic heterocycles. The number of nitriles is 1. The fraction of sp³-hybridized carbons (Fsp3) is 0.250. The highest BCUT2D eigenvalue weighted by Gasteiger charge is 2.22. The van der Waals surface area contributed by atoms with Crippen molar-refractivity contribution >= 4 is 31.5 Å². The molecule has 0 saturated heterocycles. The Morgan fingerprint density at radius 3 is 2.26 bits per heavy atom. The molecular formula is C32H29N2S+. The van der Waals surface area contributed by atoms with E-state index in [1.54, 1.807) is 0 Å². The first-order chi connectivity index (χ1) is 17.2. The summed E-state index contributed by atoms with van der Waals surface area (Å²) in [6, 6.07) is 26.6. The van der Waals surface area contributed by atoms with E-state index in [0.717, 1.165) is 16.7 Å². The lowest BCUT2D eigenvalue weighted by Crippen LogP contribution is -2.30. The summed E-state index contributed by atoms with van der Waals surface area (Å²) in [7, 11) is 2.11. The normalized spacial score (nSPS) is 14.4. The number of thiophene rings is 1. The topological polar surface area (TPSA) is 27.7 Å². The van der Waals surface area contributed by atoms with Crippen LogP contribution in [-0.2, 0) is 7.05 Å². The van der Waals surface area contributed by atoms with Crippen LogP contribution in [0.5, 0.6) is 0 Å². The van der Waals surface area contributed by atoms with E-state index in [4.69, 9.17) is 0 Å². The van der Waals surface area contributed by atoms with Crippen LogP contribution in [0, 0.1) is 18.3 Å². The Balaban J connectivity index is 1.57. The third-order valence-electron chi connectivity index (χ3n) is 7.73. The largest absolute Gasteiger partial charge is 0.213 e. The van der Waals surface area contributed by atoms with Gasteiger partial charge in [-0.1, -0.05) is 61.7 Å². The molecule has 3 aromatic carbocycles. The van der Waals surface area contributed by atoms with Crippen LogP contribution < -0.4 is 4.57 Å². The molecule has 1 aliphatic rings. The van der Waals surface area contributed by atoms with Gasteiger partial charge in [0.2, 0.25) is 5.69 Å². The Bertz CT molecular complexity index is 1600. The van der Waals surface area contributed by atoms with E-state index in [1.165, 1.54) is 74.7 Å². The summed E-state index contributed by atoms with van der Waals surface area (Å²) >= 11 is 1.82. The van der Waals surface area contributed by atoms with Crippen LogP contribution in [0.25, 0.3) is 42.6 Å². The van der Waals surface area contributed by atoms with E-state index in [-0.39, 0.29) is 0 Å². The Hall–Kier alpha value is -3.48. The van der Waals surface area contributed by atoms with Gasteiger partial charge >= 0.3 is 0 Å². The van der Waals surface area contributed by atoms with Crippen LogP contribution in [0.3, 0.4) is 0 Å². The maximum absolute atomic E-state index is 10.0. The first kappa shape index (κ1) is 22.0. The number of nitrogens with zero attached hydrogens (tertiary/aromatic N) is 2. The zero-order chi connectivity index (χ0) is 23.9. The van der Waals surface area contributed by atoms with Gasteiger partial charge in [-0.3, -0.25) is 0 Å². The van der Waals surface area contributed by atoms with Crippen LogP contribution >= 0.6 is 11.3 Å². The Labute approximate surface area is 211 Å². The Kier molecular flexibility index (Phi) is 5.63. The summed E-state index contributed by atoms with van der Waals surface area (Å²) in [4.78, 5) is 0. The number of aryl methyl sites for hydroxylation is 2. The monoisotopic (exact) mass is 473 g/mol. The number of hydrogen-bond acceptors (Lipinski definition) is 2. The lowest BCUT2D eigenvalue weighted by Gasteiger charge is -2.22. The van der Waals surface area contributed by atoms with Gasteiger partial charge in [-0.05, 0) is 54.5 Å². The van der Waals surface area contributed by atoms with Gasteiger partial charge in [0.1, 0.15) is 7.05 Å². The molecule has 0 radical (unpaired) electrons. The smallest absolute Gasteiger partial charge is 0.201 e. The van der Waals surface area contributed by atoms with E-state index < -0.39 is 0 Å². The molecular weight excluding hydrogens is 444 g/mol. The van der Waals surface area contributed by atoms with Gasteiger partial charge in [-0.25, -0.2) is 4.57 Å². The summed E-state index contributed by atoms with van der Waals surface area (Å²) in [6.07, 6.45) is 8.76. The predicted octanol–water partition coefficient (Wildman–Crippen LogP) is 8.44. The van der Waals surface area contributed by atoms with Crippen molar-refractivity contribution in [3.63, 3.8) is 0 Å². The van der Waals surface area contributed by atoms with Gasteiger partial charge in [0.05, 0.1) is 17.2 Å². The number of aromatic nitrogens is 1. The third kappa shape index (κ3) is 3.74. The van der Waals surface area contributed by atoms with Gasteiger partial charge in [0, 0.05) is 37.9 Å². The van der Waals surface area contributed by atoms with Gasteiger partial charge < -0.3 is 0 Å². The summed E-state index contributed by atoms with van der Waals surface area (Å²) in [5.74, 6) is 0.686. The van der Waals surface area contributed by atoms with Crippen LogP contribution in [0.2, 0.25) is 0 Å². The van der Waals surface area contributed by atoms with Crippen molar-refractivity contribution in [3.05, 3.63) is 89.6 Å². The molecule has 2 nitrogen and oxygen atoms in total. The van der Waals surface area contributed by atoms with Crippen molar-refractivity contribution in [2.24, 2.45) is 7.05 Å². The summed E-state index contributed by atoms with van der Waals surface area (Å²) in [5, 5.41) is 12.5. The second-order valence-electron chi connectivity index (χ2n) is 9.87. The summed E-state index contributed by atoms with van der Waals surface area (Å²) in [6.45, 7) is 2.19. The molecule has 2 aromatic heterocycles. The van der Waals surface area contributed by atoms with Crippen molar-refractivity contribution < 1.29 is 4.57 Å². The molecule has 0 N–H and O–H groups in total.